The number of nitrogens with zero attached hydrogens (tertiary/aromatic N) is 2. The van der Waals surface area contributed by atoms with Gasteiger partial charge in [0.15, 0.2) is 6.29 Å². The molecule has 0 radical (unpaired) electrons. The molecular formula is C20H15F3N2O2. The average Bonchev–Trinajstić information content (AvgIpc) is 2.65. The van der Waals surface area contributed by atoms with Gasteiger partial charge in [-0.25, -0.2) is 0 Å². The van der Waals surface area contributed by atoms with E-state index in [-0.39, 0.29) is 22.9 Å². The number of fused-ring (bicyclic) bond motifs is 1. The fourth-order valence-electron chi connectivity index (χ4n) is 3.00. The second-order valence-corrected chi connectivity index (χ2v) is 5.99. The number of alkyl halides is 3. The van der Waals surface area contributed by atoms with Gasteiger partial charge in [0.25, 0.3) is 0 Å². The number of carbonyl (C=O) groups excluding carboxylic acids is 1. The summed E-state index contributed by atoms with van der Waals surface area (Å²) in [6, 6.07) is 7.42. The van der Waals surface area contributed by atoms with Gasteiger partial charge >= 0.3 is 6.36 Å². The minimum absolute atomic E-state index is 0.157. The highest BCUT2D eigenvalue weighted by atomic mass is 19.4. The highest BCUT2D eigenvalue weighted by Gasteiger charge is 2.31. The molecule has 0 saturated heterocycles. The van der Waals surface area contributed by atoms with E-state index in [1.807, 2.05) is 25.1 Å². The number of aldehydes is 1. The van der Waals surface area contributed by atoms with E-state index in [0.29, 0.717) is 17.4 Å². The highest BCUT2D eigenvalue weighted by molar-refractivity contribution is 5.90. The van der Waals surface area contributed by atoms with Crippen molar-refractivity contribution in [3.05, 3.63) is 71.2 Å². The number of halogens is 3. The van der Waals surface area contributed by atoms with Gasteiger partial charge in [0.1, 0.15) is 17.5 Å². The third-order valence-electron chi connectivity index (χ3n) is 4.32. The molecule has 1 aromatic carbocycles. The summed E-state index contributed by atoms with van der Waals surface area (Å²) in [5.41, 5.74) is 2.40. The normalized spacial score (nSPS) is 19.1. The molecule has 2 aliphatic rings. The second kappa shape index (κ2) is 7.16. The lowest BCUT2D eigenvalue weighted by Crippen LogP contribution is -2.26. The standard InChI is InChI=1S/C20H15F3N2O2/c1-2-13-7-8-25-18(9-13)17(10-15(11-24)19(25)12-26)14-3-5-16(6-4-14)27-20(21,22)23/h3-10,12-13H,2H2,1H3. The van der Waals surface area contributed by atoms with E-state index in [4.69, 9.17) is 0 Å². The van der Waals surface area contributed by atoms with Crippen molar-refractivity contribution in [2.45, 2.75) is 19.7 Å². The zero-order valence-corrected chi connectivity index (χ0v) is 14.3. The summed E-state index contributed by atoms with van der Waals surface area (Å²) < 4.78 is 40.9. The first-order valence-corrected chi connectivity index (χ1v) is 8.23. The van der Waals surface area contributed by atoms with Crippen LogP contribution >= 0.6 is 0 Å². The van der Waals surface area contributed by atoms with Gasteiger partial charge in [0, 0.05) is 11.8 Å². The van der Waals surface area contributed by atoms with Crippen LogP contribution in [0.5, 0.6) is 5.75 Å². The maximum Gasteiger partial charge on any atom is 0.573 e. The van der Waals surface area contributed by atoms with Crippen molar-refractivity contribution in [2.24, 2.45) is 5.92 Å². The predicted octanol–water partition coefficient (Wildman–Crippen LogP) is 4.70. The van der Waals surface area contributed by atoms with Crippen LogP contribution in [0.1, 0.15) is 18.9 Å². The largest absolute Gasteiger partial charge is 0.573 e. The second-order valence-electron chi connectivity index (χ2n) is 5.99. The van der Waals surface area contributed by atoms with E-state index >= 15 is 0 Å². The molecule has 138 valence electrons. The van der Waals surface area contributed by atoms with Crippen LogP contribution in [-0.2, 0) is 4.79 Å². The predicted molar refractivity (Wildman–Crippen MR) is 92.6 cm³/mol. The Morgan fingerprint density at radius 3 is 2.56 bits per heavy atom. The number of nitriles is 1. The zero-order valence-electron chi connectivity index (χ0n) is 14.3. The Bertz CT molecular complexity index is 916. The van der Waals surface area contributed by atoms with Crippen molar-refractivity contribution in [3.8, 4) is 11.8 Å². The highest BCUT2D eigenvalue weighted by Crippen LogP contribution is 2.39. The van der Waals surface area contributed by atoms with E-state index in [2.05, 4.69) is 4.74 Å². The van der Waals surface area contributed by atoms with Crippen LogP contribution in [-0.4, -0.2) is 17.5 Å². The van der Waals surface area contributed by atoms with Crippen LogP contribution < -0.4 is 4.74 Å². The molecule has 0 fully saturated rings. The fraction of sp³-hybridized carbons (Fsp3) is 0.200. The first kappa shape index (κ1) is 18.5. The average molecular weight is 372 g/mol. The minimum atomic E-state index is -4.76. The number of hydrogen-bond donors (Lipinski definition) is 0. The summed E-state index contributed by atoms with van der Waals surface area (Å²) >= 11 is 0. The Hall–Kier alpha value is -3.27. The lowest BCUT2D eigenvalue weighted by molar-refractivity contribution is -0.274. The molecule has 0 saturated carbocycles. The molecule has 2 aliphatic heterocycles. The van der Waals surface area contributed by atoms with Crippen LogP contribution in [0.4, 0.5) is 13.2 Å². The van der Waals surface area contributed by atoms with Crippen molar-refractivity contribution < 1.29 is 22.7 Å². The topological polar surface area (TPSA) is 53.3 Å². The first-order valence-electron chi connectivity index (χ1n) is 8.23. The Morgan fingerprint density at radius 2 is 2.00 bits per heavy atom. The Labute approximate surface area is 154 Å². The molecule has 7 heteroatoms. The van der Waals surface area contributed by atoms with Crippen LogP contribution in [0.15, 0.2) is 65.7 Å². The number of allylic oxidation sites excluding steroid dienone is 6. The van der Waals surface area contributed by atoms with Crippen molar-refractivity contribution in [1.29, 1.82) is 5.26 Å². The summed E-state index contributed by atoms with van der Waals surface area (Å²) in [6.45, 7) is 2.02. The van der Waals surface area contributed by atoms with Gasteiger partial charge in [0.05, 0.1) is 11.3 Å². The monoisotopic (exact) mass is 372 g/mol. The third kappa shape index (κ3) is 3.80. The van der Waals surface area contributed by atoms with Gasteiger partial charge in [-0.1, -0.05) is 31.2 Å². The third-order valence-corrected chi connectivity index (χ3v) is 4.32. The molecule has 0 aliphatic carbocycles. The molecular weight excluding hydrogens is 357 g/mol. The van der Waals surface area contributed by atoms with Gasteiger partial charge in [-0.05, 0) is 36.1 Å². The van der Waals surface area contributed by atoms with E-state index in [0.717, 1.165) is 12.1 Å². The lowest BCUT2D eigenvalue weighted by atomic mass is 9.90. The van der Waals surface area contributed by atoms with E-state index in [9.17, 15) is 23.2 Å². The number of hydrogen-bond acceptors (Lipinski definition) is 4. The van der Waals surface area contributed by atoms with Crippen LogP contribution in [0.2, 0.25) is 0 Å². The van der Waals surface area contributed by atoms with Gasteiger partial charge in [-0.15, -0.1) is 13.2 Å². The van der Waals surface area contributed by atoms with Crippen LogP contribution in [0.3, 0.4) is 0 Å². The summed E-state index contributed by atoms with van der Waals surface area (Å²) in [5, 5.41) is 9.39. The van der Waals surface area contributed by atoms with E-state index in [1.54, 1.807) is 17.2 Å². The molecule has 0 amide bonds. The Morgan fingerprint density at radius 1 is 1.30 bits per heavy atom. The first-order chi connectivity index (χ1) is 12.9. The maximum absolute atomic E-state index is 12.3. The number of ether oxygens (including phenoxy) is 1. The lowest BCUT2D eigenvalue weighted by Gasteiger charge is -2.33. The summed E-state index contributed by atoms with van der Waals surface area (Å²) in [4.78, 5) is 13.1. The molecule has 0 aromatic heterocycles. The summed E-state index contributed by atoms with van der Waals surface area (Å²) in [6.07, 6.45) is 3.95. The fourth-order valence-corrected chi connectivity index (χ4v) is 3.00. The van der Waals surface area contributed by atoms with Crippen molar-refractivity contribution in [2.75, 3.05) is 0 Å². The van der Waals surface area contributed by atoms with Gasteiger partial charge in [0.2, 0.25) is 0 Å². The molecule has 1 atom stereocenters. The number of benzene rings is 1. The quantitative estimate of drug-likeness (QED) is 0.719. The van der Waals surface area contributed by atoms with Gasteiger partial charge in [-0.2, -0.15) is 5.26 Å². The van der Waals surface area contributed by atoms with Crippen molar-refractivity contribution in [3.63, 3.8) is 0 Å². The molecule has 2 heterocycles. The molecule has 27 heavy (non-hydrogen) atoms. The molecule has 1 unspecified atom stereocenters. The van der Waals surface area contributed by atoms with Crippen LogP contribution in [0, 0.1) is 17.2 Å². The zero-order chi connectivity index (χ0) is 19.6. The van der Waals surface area contributed by atoms with Crippen molar-refractivity contribution >= 4 is 11.9 Å². The molecule has 0 spiro atoms. The molecule has 1 aromatic rings. The molecule has 0 N–H and O–H groups in total. The molecule has 0 bridgehead atoms. The maximum atomic E-state index is 12.3. The van der Waals surface area contributed by atoms with Crippen molar-refractivity contribution in [1.82, 2.24) is 4.90 Å². The number of carbonyl (C=O) groups is 1. The summed E-state index contributed by atoms with van der Waals surface area (Å²) in [5.74, 6) is -0.169. The van der Waals surface area contributed by atoms with Gasteiger partial charge in [-0.3, -0.25) is 4.79 Å². The SMILES string of the molecule is CCC1C=CN2C(=C1)C(c1ccc(OC(F)(F)F)cc1)=CC(C#N)=C2C=O. The number of rotatable bonds is 4. The Balaban J connectivity index is 2.05. The van der Waals surface area contributed by atoms with Gasteiger partial charge < -0.3 is 9.64 Å². The Kier molecular flexibility index (Phi) is 4.91. The minimum Gasteiger partial charge on any atom is -0.406 e. The smallest absolute Gasteiger partial charge is 0.406 e. The molecule has 3 rings (SSSR count). The van der Waals surface area contributed by atoms with E-state index < -0.39 is 6.36 Å². The van der Waals surface area contributed by atoms with Crippen LogP contribution in [0.25, 0.3) is 5.57 Å². The van der Waals surface area contributed by atoms with E-state index in [1.165, 1.54) is 24.3 Å². The summed E-state index contributed by atoms with van der Waals surface area (Å²) in [7, 11) is 0. The molecule has 4 nitrogen and oxygen atoms in total.